The van der Waals surface area contributed by atoms with Crippen molar-refractivity contribution >= 4 is 39.1 Å². The van der Waals surface area contributed by atoms with Crippen LogP contribution in [0, 0.1) is 6.92 Å². The van der Waals surface area contributed by atoms with Crippen molar-refractivity contribution in [1.82, 2.24) is 4.31 Å². The molecule has 136 valence electrons. The monoisotopic (exact) mass is 392 g/mol. The third kappa shape index (κ3) is 3.45. The maximum atomic E-state index is 13.2. The van der Waals surface area contributed by atoms with E-state index in [-0.39, 0.29) is 29.4 Å². The molecule has 0 amide bonds. The summed E-state index contributed by atoms with van der Waals surface area (Å²) in [5.41, 5.74) is 1.65. The first-order valence-corrected chi connectivity index (χ1v) is 9.66. The van der Waals surface area contributed by atoms with E-state index in [2.05, 4.69) is 9.73 Å². The molecule has 1 aliphatic rings. The van der Waals surface area contributed by atoms with Crippen LogP contribution in [-0.2, 0) is 26.1 Å². The number of esters is 1. The Labute approximate surface area is 157 Å². The molecule has 0 aromatic heterocycles. The highest BCUT2D eigenvalue weighted by molar-refractivity contribution is 7.90. The second-order valence-corrected chi connectivity index (χ2v) is 8.09. The molecule has 6 nitrogen and oxygen atoms in total. The highest BCUT2D eigenvalue weighted by atomic mass is 35.5. The Morgan fingerprint density at radius 1 is 1.23 bits per heavy atom. The first-order valence-electron chi connectivity index (χ1n) is 7.84. The fourth-order valence-electron chi connectivity index (χ4n) is 2.65. The summed E-state index contributed by atoms with van der Waals surface area (Å²) in [6, 6.07) is 12.1. The largest absolute Gasteiger partial charge is 0.469 e. The summed E-state index contributed by atoms with van der Waals surface area (Å²) in [6.07, 6.45) is -0.256. The average molecular weight is 393 g/mol. The van der Waals surface area contributed by atoms with Crippen LogP contribution in [0.3, 0.4) is 0 Å². The van der Waals surface area contributed by atoms with E-state index in [1.54, 1.807) is 6.92 Å². The number of benzene rings is 2. The van der Waals surface area contributed by atoms with Crippen molar-refractivity contribution in [2.45, 2.75) is 24.8 Å². The van der Waals surface area contributed by atoms with E-state index < -0.39 is 16.0 Å². The Morgan fingerprint density at radius 2 is 1.92 bits per heavy atom. The summed E-state index contributed by atoms with van der Waals surface area (Å²) < 4.78 is 32.2. The highest BCUT2D eigenvalue weighted by Crippen LogP contribution is 2.37. The van der Waals surface area contributed by atoms with Crippen molar-refractivity contribution in [3.05, 3.63) is 58.6 Å². The quantitative estimate of drug-likeness (QED) is 0.747. The molecule has 2 aromatic rings. The van der Waals surface area contributed by atoms with Gasteiger partial charge in [0.2, 0.25) is 0 Å². The Morgan fingerprint density at radius 3 is 2.58 bits per heavy atom. The maximum Gasteiger partial charge on any atom is 0.313 e. The Balaban J connectivity index is 2.13. The van der Waals surface area contributed by atoms with Crippen molar-refractivity contribution in [2.24, 2.45) is 4.99 Å². The van der Waals surface area contributed by atoms with Gasteiger partial charge in [-0.3, -0.25) is 4.79 Å². The van der Waals surface area contributed by atoms with E-state index in [0.717, 1.165) is 9.87 Å². The van der Waals surface area contributed by atoms with Crippen LogP contribution in [-0.4, -0.2) is 31.6 Å². The molecule has 0 fully saturated rings. The minimum Gasteiger partial charge on any atom is -0.469 e. The molecular weight excluding hydrogens is 376 g/mol. The van der Waals surface area contributed by atoms with Gasteiger partial charge in [0.25, 0.3) is 10.0 Å². The van der Waals surface area contributed by atoms with Crippen LogP contribution in [0.4, 0.5) is 5.69 Å². The van der Waals surface area contributed by atoms with Crippen LogP contribution in [0.5, 0.6) is 0 Å². The van der Waals surface area contributed by atoms with Crippen LogP contribution in [0.25, 0.3) is 0 Å². The zero-order valence-electron chi connectivity index (χ0n) is 14.3. The molecule has 0 aliphatic carbocycles. The number of halogens is 1. The van der Waals surface area contributed by atoms with E-state index in [4.69, 9.17) is 11.6 Å². The van der Waals surface area contributed by atoms with Gasteiger partial charge < -0.3 is 4.74 Å². The Bertz CT molecular complexity index is 988. The number of fused-ring (bicyclic) bond motifs is 1. The zero-order valence-corrected chi connectivity index (χ0v) is 15.8. The number of carbonyl (C=O) groups excluding carboxylic acids is 1. The third-order valence-electron chi connectivity index (χ3n) is 4.04. The molecule has 8 heteroatoms. The number of methoxy groups -OCH3 is 1. The zero-order chi connectivity index (χ0) is 18.9. The molecule has 2 aromatic carbocycles. The molecule has 26 heavy (non-hydrogen) atoms. The van der Waals surface area contributed by atoms with E-state index in [1.807, 2.05) is 30.3 Å². The van der Waals surface area contributed by atoms with Gasteiger partial charge in [0.15, 0.2) is 0 Å². The molecule has 0 N–H and O–H groups in total. The normalized spacial score (nSPS) is 15.2. The summed E-state index contributed by atoms with van der Waals surface area (Å²) >= 11 is 6.12. The molecule has 3 rings (SSSR count). The van der Waals surface area contributed by atoms with E-state index >= 15 is 0 Å². The lowest BCUT2D eigenvalue weighted by atomic mass is 10.2. The molecule has 1 aliphatic heterocycles. The molecule has 0 saturated carbocycles. The fraction of sp³-hybridized carbons (Fsp3) is 0.222. The topological polar surface area (TPSA) is 76.0 Å². The van der Waals surface area contributed by atoms with Gasteiger partial charge in [0.05, 0.1) is 19.3 Å². The number of nitrogens with zero attached hydrogens (tertiary/aromatic N) is 2. The standard InChI is InChI=1S/C18H17ClN2O4S/c1-12-8-16-15(9-14(12)19)20-17(10-18(22)25-2)21(26(16,23)24)11-13-6-4-3-5-7-13/h3-9H,10-11H2,1-2H3. The molecule has 0 unspecified atom stereocenters. The second kappa shape index (κ2) is 7.09. The van der Waals surface area contributed by atoms with Gasteiger partial charge in [0.1, 0.15) is 17.2 Å². The van der Waals surface area contributed by atoms with Gasteiger partial charge in [-0.2, -0.15) is 0 Å². The van der Waals surface area contributed by atoms with E-state index in [9.17, 15) is 13.2 Å². The first kappa shape index (κ1) is 18.4. The highest BCUT2D eigenvalue weighted by Gasteiger charge is 2.35. The molecule has 0 atom stereocenters. The van der Waals surface area contributed by atoms with Crippen LogP contribution in [0.15, 0.2) is 52.4 Å². The van der Waals surface area contributed by atoms with Crippen molar-refractivity contribution in [3.8, 4) is 0 Å². The van der Waals surface area contributed by atoms with Crippen LogP contribution in [0.1, 0.15) is 17.5 Å². The number of amidine groups is 1. The van der Waals surface area contributed by atoms with Crippen molar-refractivity contribution in [2.75, 3.05) is 7.11 Å². The van der Waals surface area contributed by atoms with Gasteiger partial charge in [-0.25, -0.2) is 17.7 Å². The number of aliphatic imine (C=N–C) groups is 1. The molecule has 1 heterocycles. The smallest absolute Gasteiger partial charge is 0.313 e. The SMILES string of the molecule is COC(=O)CC1=Nc2cc(Cl)c(C)cc2S(=O)(=O)N1Cc1ccccc1. The summed E-state index contributed by atoms with van der Waals surface area (Å²) in [5, 5.41) is 0.414. The van der Waals surface area contributed by atoms with Gasteiger partial charge in [-0.15, -0.1) is 0 Å². The molecule has 0 saturated heterocycles. The molecular formula is C18H17ClN2O4S. The van der Waals surface area contributed by atoms with Crippen molar-refractivity contribution in [3.63, 3.8) is 0 Å². The minimum absolute atomic E-state index is 0.0696. The van der Waals surface area contributed by atoms with Crippen molar-refractivity contribution in [1.29, 1.82) is 0 Å². The van der Waals surface area contributed by atoms with Gasteiger partial charge >= 0.3 is 5.97 Å². The predicted octanol–water partition coefficient (Wildman–Crippen LogP) is 3.45. The Hall–Kier alpha value is -2.38. The van der Waals surface area contributed by atoms with E-state index in [0.29, 0.717) is 10.6 Å². The fourth-order valence-corrected chi connectivity index (χ4v) is 4.44. The predicted molar refractivity (Wildman–Crippen MR) is 99.1 cm³/mol. The third-order valence-corrected chi connectivity index (χ3v) is 6.25. The number of sulfonamides is 1. The summed E-state index contributed by atoms with van der Waals surface area (Å²) in [7, 11) is -2.64. The molecule has 0 radical (unpaired) electrons. The van der Waals surface area contributed by atoms with Gasteiger partial charge in [-0.1, -0.05) is 41.9 Å². The lowest BCUT2D eigenvalue weighted by Crippen LogP contribution is -2.39. The van der Waals surface area contributed by atoms with E-state index in [1.165, 1.54) is 19.2 Å². The average Bonchev–Trinajstić information content (AvgIpc) is 2.61. The van der Waals surface area contributed by atoms with Crippen LogP contribution < -0.4 is 0 Å². The van der Waals surface area contributed by atoms with Gasteiger partial charge in [-0.05, 0) is 30.2 Å². The summed E-state index contributed by atoms with van der Waals surface area (Å²) in [4.78, 5) is 16.2. The number of carbonyl (C=O) groups is 1. The lowest BCUT2D eigenvalue weighted by molar-refractivity contribution is -0.139. The van der Waals surface area contributed by atoms with Crippen LogP contribution >= 0.6 is 11.6 Å². The summed E-state index contributed by atoms with van der Waals surface area (Å²) in [6.45, 7) is 1.80. The van der Waals surface area contributed by atoms with Gasteiger partial charge in [0, 0.05) is 5.02 Å². The molecule has 0 spiro atoms. The first-order chi connectivity index (χ1) is 12.3. The van der Waals surface area contributed by atoms with Crippen molar-refractivity contribution < 1.29 is 17.9 Å². The number of aryl methyl sites for hydroxylation is 1. The maximum absolute atomic E-state index is 13.2. The molecule has 0 bridgehead atoms. The minimum atomic E-state index is -3.89. The number of rotatable bonds is 4. The second-order valence-electron chi connectivity index (χ2n) is 5.85. The number of ether oxygens (including phenoxy) is 1. The van der Waals surface area contributed by atoms with Crippen LogP contribution in [0.2, 0.25) is 5.02 Å². The Kier molecular flexibility index (Phi) is 5.02. The lowest BCUT2D eigenvalue weighted by Gasteiger charge is -2.30. The summed E-state index contributed by atoms with van der Waals surface area (Å²) in [5.74, 6) is -0.466. The number of hydrogen-bond donors (Lipinski definition) is 0. The number of hydrogen-bond acceptors (Lipinski definition) is 5.